The minimum Gasteiger partial charge on any atom is -0.381 e. The lowest BCUT2D eigenvalue weighted by atomic mass is 10.1. The van der Waals surface area contributed by atoms with Crippen molar-refractivity contribution in [2.75, 3.05) is 34.8 Å². The van der Waals surface area contributed by atoms with E-state index in [0.29, 0.717) is 11.7 Å². The maximum Gasteiger partial charge on any atom is 0.416 e. The maximum atomic E-state index is 12.6. The number of hydrogen-bond acceptors (Lipinski definition) is 3. The van der Waals surface area contributed by atoms with Gasteiger partial charge >= 0.3 is 6.18 Å². The van der Waals surface area contributed by atoms with Crippen LogP contribution in [0.5, 0.6) is 0 Å². The van der Waals surface area contributed by atoms with Gasteiger partial charge in [0.25, 0.3) is 0 Å². The van der Waals surface area contributed by atoms with Crippen LogP contribution in [0.3, 0.4) is 0 Å². The Morgan fingerprint density at radius 1 is 1.33 bits per heavy atom. The fraction of sp³-hybridized carbons (Fsp3) is 0.500. The number of nitrogens with one attached hydrogen (secondary N) is 1. The number of fused-ring (bicyclic) bond motifs is 3. The second-order valence-electron chi connectivity index (χ2n) is 4.53. The van der Waals surface area contributed by atoms with Gasteiger partial charge in [-0.1, -0.05) is 0 Å². The minimum atomic E-state index is -4.27. The highest BCUT2D eigenvalue weighted by Crippen LogP contribution is 2.39. The van der Waals surface area contributed by atoms with Gasteiger partial charge in [0.1, 0.15) is 0 Å². The monoisotopic (exact) mass is 274 g/mol. The molecule has 0 saturated carbocycles. The van der Waals surface area contributed by atoms with Crippen LogP contribution >= 0.6 is 11.8 Å². The van der Waals surface area contributed by atoms with Crippen LogP contribution in [0.2, 0.25) is 0 Å². The normalized spacial score (nSPS) is 23.1. The standard InChI is InChI=1S/C12H13F3N2S/c13-12(14,15)8-1-2-11-10(5-8)16-6-9-7-18-4-3-17(9)11/h1-2,5,9,16H,3-4,6-7H2. The third-order valence-electron chi connectivity index (χ3n) is 3.39. The molecule has 0 radical (unpaired) electrons. The van der Waals surface area contributed by atoms with Gasteiger partial charge in [-0.3, -0.25) is 0 Å². The summed E-state index contributed by atoms with van der Waals surface area (Å²) in [6.07, 6.45) is -4.27. The average Bonchev–Trinajstić information content (AvgIpc) is 2.37. The van der Waals surface area contributed by atoms with E-state index in [4.69, 9.17) is 0 Å². The van der Waals surface area contributed by atoms with Crippen LogP contribution in [0.1, 0.15) is 5.56 Å². The molecule has 1 atom stereocenters. The summed E-state index contributed by atoms with van der Waals surface area (Å²) in [6.45, 7) is 1.64. The molecule has 1 saturated heterocycles. The van der Waals surface area contributed by atoms with Crippen molar-refractivity contribution in [2.45, 2.75) is 12.2 Å². The van der Waals surface area contributed by atoms with Crippen LogP contribution in [-0.4, -0.2) is 30.6 Å². The molecular weight excluding hydrogens is 261 g/mol. The van der Waals surface area contributed by atoms with Crippen molar-refractivity contribution < 1.29 is 13.2 Å². The van der Waals surface area contributed by atoms with Crippen molar-refractivity contribution in [2.24, 2.45) is 0 Å². The summed E-state index contributed by atoms with van der Waals surface area (Å²) in [4.78, 5) is 2.22. The number of anilines is 2. The first kappa shape index (κ1) is 12.0. The molecule has 2 heterocycles. The molecule has 0 spiro atoms. The summed E-state index contributed by atoms with van der Waals surface area (Å²) in [5.41, 5.74) is 0.922. The van der Waals surface area contributed by atoms with Gasteiger partial charge in [0.2, 0.25) is 0 Å². The van der Waals surface area contributed by atoms with Crippen LogP contribution in [-0.2, 0) is 6.18 Å². The van der Waals surface area contributed by atoms with Crippen molar-refractivity contribution in [3.63, 3.8) is 0 Å². The van der Waals surface area contributed by atoms with Gasteiger partial charge in [-0.2, -0.15) is 24.9 Å². The smallest absolute Gasteiger partial charge is 0.381 e. The molecule has 1 aromatic carbocycles. The third-order valence-corrected chi connectivity index (χ3v) is 4.48. The van der Waals surface area contributed by atoms with E-state index in [1.54, 1.807) is 6.07 Å². The molecule has 0 bridgehead atoms. The quantitative estimate of drug-likeness (QED) is 0.783. The third kappa shape index (κ3) is 2.02. The molecule has 1 fully saturated rings. The van der Waals surface area contributed by atoms with Crippen LogP contribution < -0.4 is 10.2 Å². The van der Waals surface area contributed by atoms with E-state index in [2.05, 4.69) is 10.2 Å². The van der Waals surface area contributed by atoms with Crippen molar-refractivity contribution in [3.05, 3.63) is 23.8 Å². The molecule has 0 amide bonds. The molecule has 1 aromatic rings. The highest BCUT2D eigenvalue weighted by molar-refractivity contribution is 7.99. The molecule has 1 unspecified atom stereocenters. The van der Waals surface area contributed by atoms with Gasteiger partial charge in [0.15, 0.2) is 0 Å². The number of benzene rings is 1. The lowest BCUT2D eigenvalue weighted by Gasteiger charge is -2.42. The Balaban J connectivity index is 1.96. The molecule has 98 valence electrons. The zero-order valence-electron chi connectivity index (χ0n) is 9.63. The van der Waals surface area contributed by atoms with Crippen LogP contribution in [0, 0.1) is 0 Å². The topological polar surface area (TPSA) is 15.3 Å². The van der Waals surface area contributed by atoms with E-state index >= 15 is 0 Å². The van der Waals surface area contributed by atoms with E-state index in [1.807, 2.05) is 11.8 Å². The largest absolute Gasteiger partial charge is 0.416 e. The van der Waals surface area contributed by atoms with Gasteiger partial charge in [0, 0.05) is 24.6 Å². The zero-order chi connectivity index (χ0) is 12.8. The van der Waals surface area contributed by atoms with Gasteiger partial charge < -0.3 is 10.2 Å². The van der Waals surface area contributed by atoms with Crippen LogP contribution in [0.15, 0.2) is 18.2 Å². The highest BCUT2D eigenvalue weighted by Gasteiger charge is 2.34. The Kier molecular flexibility index (Phi) is 2.84. The SMILES string of the molecule is FC(F)(F)c1ccc2c(c1)NCC1CSCCN21. The number of nitrogens with zero attached hydrogens (tertiary/aromatic N) is 1. The first-order valence-corrected chi connectivity index (χ1v) is 7.01. The fourth-order valence-corrected chi connectivity index (χ4v) is 3.54. The summed E-state index contributed by atoms with van der Waals surface area (Å²) >= 11 is 1.90. The summed E-state index contributed by atoms with van der Waals surface area (Å²) in [6, 6.07) is 4.37. The molecule has 1 N–H and O–H groups in total. The summed E-state index contributed by atoms with van der Waals surface area (Å²) in [5, 5.41) is 3.12. The highest BCUT2D eigenvalue weighted by atomic mass is 32.2. The van der Waals surface area contributed by atoms with E-state index < -0.39 is 11.7 Å². The molecule has 0 aliphatic carbocycles. The first-order valence-electron chi connectivity index (χ1n) is 5.85. The number of halogens is 3. The average molecular weight is 274 g/mol. The van der Waals surface area contributed by atoms with E-state index in [0.717, 1.165) is 30.3 Å². The van der Waals surface area contributed by atoms with Crippen molar-refractivity contribution in [3.8, 4) is 0 Å². The van der Waals surface area contributed by atoms with E-state index in [1.165, 1.54) is 12.1 Å². The van der Waals surface area contributed by atoms with Crippen molar-refractivity contribution in [1.82, 2.24) is 0 Å². The first-order chi connectivity index (χ1) is 8.55. The van der Waals surface area contributed by atoms with E-state index in [9.17, 15) is 13.2 Å². The van der Waals surface area contributed by atoms with Crippen LogP contribution in [0.25, 0.3) is 0 Å². The van der Waals surface area contributed by atoms with Crippen LogP contribution in [0.4, 0.5) is 24.5 Å². The molecule has 18 heavy (non-hydrogen) atoms. The second kappa shape index (κ2) is 4.26. The number of rotatable bonds is 0. The van der Waals surface area contributed by atoms with Gasteiger partial charge in [-0.05, 0) is 18.2 Å². The van der Waals surface area contributed by atoms with E-state index in [-0.39, 0.29) is 0 Å². The predicted molar refractivity (Wildman–Crippen MR) is 68.4 cm³/mol. The molecule has 2 aliphatic heterocycles. The van der Waals surface area contributed by atoms with Gasteiger partial charge in [-0.15, -0.1) is 0 Å². The minimum absolute atomic E-state index is 0.396. The summed E-state index contributed by atoms with van der Waals surface area (Å²) in [7, 11) is 0. The lowest BCUT2D eigenvalue weighted by molar-refractivity contribution is -0.137. The molecule has 2 nitrogen and oxygen atoms in total. The number of alkyl halides is 3. The second-order valence-corrected chi connectivity index (χ2v) is 5.68. The predicted octanol–water partition coefficient (Wildman–Crippen LogP) is 3.05. The molecule has 3 rings (SSSR count). The lowest BCUT2D eigenvalue weighted by Crippen LogP contribution is -2.49. The Bertz CT molecular complexity index is 461. The zero-order valence-corrected chi connectivity index (χ0v) is 10.4. The Morgan fingerprint density at radius 2 is 2.17 bits per heavy atom. The summed E-state index contributed by atoms with van der Waals surface area (Å²) < 4.78 is 37.9. The molecule has 0 aromatic heterocycles. The Labute approximate surface area is 108 Å². The van der Waals surface area contributed by atoms with Crippen molar-refractivity contribution >= 4 is 23.1 Å². The molecular formula is C12H13F3N2S. The Morgan fingerprint density at radius 3 is 2.94 bits per heavy atom. The number of hydrogen-bond donors (Lipinski definition) is 1. The maximum absolute atomic E-state index is 12.6. The molecule has 2 aliphatic rings. The fourth-order valence-electron chi connectivity index (χ4n) is 2.47. The number of thioether (sulfide) groups is 1. The summed E-state index contributed by atoms with van der Waals surface area (Å²) in [5.74, 6) is 2.07. The van der Waals surface area contributed by atoms with Crippen molar-refractivity contribution in [1.29, 1.82) is 0 Å². The van der Waals surface area contributed by atoms with Gasteiger partial charge in [-0.25, -0.2) is 0 Å². The Hall–Kier alpha value is -1.04. The molecule has 6 heteroatoms. The van der Waals surface area contributed by atoms with Gasteiger partial charge in [0.05, 0.1) is 23.0 Å².